The van der Waals surface area contributed by atoms with Gasteiger partial charge in [0.05, 0.1) is 12.5 Å². The number of aromatic nitrogens is 3. The molecule has 0 fully saturated rings. The summed E-state index contributed by atoms with van der Waals surface area (Å²) >= 11 is 0. The third-order valence-electron chi connectivity index (χ3n) is 6.20. The van der Waals surface area contributed by atoms with E-state index in [1.54, 1.807) is 17.0 Å². The summed E-state index contributed by atoms with van der Waals surface area (Å²) in [6.07, 6.45) is 5.34. The molecule has 12 heteroatoms. The molecule has 3 heterocycles. The van der Waals surface area contributed by atoms with Gasteiger partial charge in [-0.3, -0.25) is 24.2 Å². The summed E-state index contributed by atoms with van der Waals surface area (Å²) in [5.74, 6) is -1.28. The van der Waals surface area contributed by atoms with E-state index in [2.05, 4.69) is 36.2 Å². The van der Waals surface area contributed by atoms with Crippen LogP contribution in [0.2, 0.25) is 0 Å². The highest BCUT2D eigenvalue weighted by Crippen LogP contribution is 2.10. The molecule has 3 aromatic rings. The van der Waals surface area contributed by atoms with Crippen LogP contribution in [-0.2, 0) is 16.0 Å². The smallest absolute Gasteiger partial charge is 0.271 e. The standard InChI is InChI=1S/C27H32N8O4/c36-24-7-4-13-35(27(39)23-17-28-18-33-23)14-12-32-25(37)22(15-19-5-2-1-3-6-19)34-26(38)21-16-20(8-9-30-21)29-10-11-31-24/h1-3,5-6,8-9,16-18,22,29H,4,7,10-15H2,(H,28,33)(H,31,36)(H,32,37)(H,34,38)/t22-/m0/s1. The number of rotatable bonds is 3. The van der Waals surface area contributed by atoms with E-state index < -0.39 is 11.9 Å². The minimum atomic E-state index is -0.862. The molecule has 12 nitrogen and oxygen atoms in total. The van der Waals surface area contributed by atoms with Crippen LogP contribution in [0.4, 0.5) is 5.69 Å². The van der Waals surface area contributed by atoms with E-state index >= 15 is 0 Å². The van der Waals surface area contributed by atoms with Crippen LogP contribution in [0.1, 0.15) is 39.4 Å². The van der Waals surface area contributed by atoms with Gasteiger partial charge in [-0.15, -0.1) is 0 Å². The quantitative estimate of drug-likeness (QED) is 0.332. The molecule has 0 saturated heterocycles. The van der Waals surface area contributed by atoms with Crippen LogP contribution in [0, 0.1) is 0 Å². The molecule has 39 heavy (non-hydrogen) atoms. The number of pyridine rings is 1. The van der Waals surface area contributed by atoms with Gasteiger partial charge in [0, 0.05) is 57.4 Å². The first-order valence-electron chi connectivity index (χ1n) is 12.9. The van der Waals surface area contributed by atoms with E-state index in [0.717, 1.165) is 5.56 Å². The molecule has 4 amide bonds. The highest BCUT2D eigenvalue weighted by atomic mass is 16.2. The number of hydrogen-bond donors (Lipinski definition) is 5. The summed E-state index contributed by atoms with van der Waals surface area (Å²) in [6, 6.07) is 11.8. The predicted octanol–water partition coefficient (Wildman–Crippen LogP) is 0.726. The molecule has 0 unspecified atom stereocenters. The summed E-state index contributed by atoms with van der Waals surface area (Å²) in [5.41, 5.74) is 2.02. The van der Waals surface area contributed by atoms with Crippen molar-refractivity contribution in [1.29, 1.82) is 0 Å². The first-order valence-corrected chi connectivity index (χ1v) is 12.9. The van der Waals surface area contributed by atoms with Crippen molar-refractivity contribution in [3.8, 4) is 0 Å². The maximum absolute atomic E-state index is 13.2. The number of amides is 4. The molecule has 0 radical (unpaired) electrons. The topological polar surface area (TPSA) is 161 Å². The summed E-state index contributed by atoms with van der Waals surface area (Å²) < 4.78 is 0. The van der Waals surface area contributed by atoms with Crippen molar-refractivity contribution < 1.29 is 19.2 Å². The molecule has 204 valence electrons. The fraction of sp³-hybridized carbons (Fsp3) is 0.333. The second-order valence-corrected chi connectivity index (χ2v) is 9.07. The number of aromatic amines is 1. The number of carbonyl (C=O) groups is 4. The number of carbonyl (C=O) groups excluding carboxylic acids is 4. The zero-order valence-electron chi connectivity index (χ0n) is 21.5. The third kappa shape index (κ3) is 8.12. The number of nitrogens with one attached hydrogen (secondary N) is 5. The second-order valence-electron chi connectivity index (χ2n) is 9.07. The number of imidazole rings is 1. The average Bonchev–Trinajstić information content (AvgIpc) is 3.49. The van der Waals surface area contributed by atoms with Crippen molar-refractivity contribution in [3.63, 3.8) is 0 Å². The monoisotopic (exact) mass is 532 g/mol. The molecular formula is C27H32N8O4. The Bertz CT molecular complexity index is 1270. The first kappa shape index (κ1) is 27.3. The van der Waals surface area contributed by atoms with Crippen molar-refractivity contribution in [2.75, 3.05) is 38.0 Å². The largest absolute Gasteiger partial charge is 0.383 e. The number of H-pyrrole nitrogens is 1. The predicted molar refractivity (Wildman–Crippen MR) is 144 cm³/mol. The van der Waals surface area contributed by atoms with Gasteiger partial charge < -0.3 is 31.2 Å². The number of anilines is 1. The first-order chi connectivity index (χ1) is 19.0. The van der Waals surface area contributed by atoms with Gasteiger partial charge in [0.25, 0.3) is 11.8 Å². The second kappa shape index (κ2) is 13.7. The van der Waals surface area contributed by atoms with Crippen LogP contribution in [0.25, 0.3) is 0 Å². The van der Waals surface area contributed by atoms with E-state index in [-0.39, 0.29) is 49.3 Å². The van der Waals surface area contributed by atoms with E-state index in [1.165, 1.54) is 18.7 Å². The highest BCUT2D eigenvalue weighted by Gasteiger charge is 2.24. The van der Waals surface area contributed by atoms with Gasteiger partial charge in [-0.2, -0.15) is 0 Å². The molecule has 0 spiro atoms. The van der Waals surface area contributed by atoms with E-state index in [0.29, 0.717) is 37.4 Å². The lowest BCUT2D eigenvalue weighted by atomic mass is 10.0. The van der Waals surface area contributed by atoms with Gasteiger partial charge in [-0.25, -0.2) is 4.98 Å². The van der Waals surface area contributed by atoms with Crippen LogP contribution in [0.3, 0.4) is 0 Å². The lowest BCUT2D eigenvalue weighted by Crippen LogP contribution is -2.50. The van der Waals surface area contributed by atoms with Crippen LogP contribution in [-0.4, -0.2) is 82.2 Å². The lowest BCUT2D eigenvalue weighted by molar-refractivity contribution is -0.123. The molecule has 1 aliphatic heterocycles. The summed E-state index contributed by atoms with van der Waals surface area (Å²) in [7, 11) is 0. The molecule has 0 aliphatic carbocycles. The lowest BCUT2D eigenvalue weighted by Gasteiger charge is -2.23. The van der Waals surface area contributed by atoms with Gasteiger partial charge in [0.2, 0.25) is 11.8 Å². The Hall–Kier alpha value is -4.74. The molecule has 1 aliphatic rings. The van der Waals surface area contributed by atoms with Gasteiger partial charge in [0.15, 0.2) is 0 Å². The molecule has 4 rings (SSSR count). The minimum absolute atomic E-state index is 0.129. The average molecular weight is 533 g/mol. The van der Waals surface area contributed by atoms with Crippen LogP contribution < -0.4 is 21.3 Å². The van der Waals surface area contributed by atoms with Crippen LogP contribution in [0.5, 0.6) is 0 Å². The van der Waals surface area contributed by atoms with E-state index in [9.17, 15) is 19.2 Å². The highest BCUT2D eigenvalue weighted by molar-refractivity contribution is 5.97. The summed E-state index contributed by atoms with van der Waals surface area (Å²) in [6.45, 7) is 1.52. The molecule has 2 aromatic heterocycles. The Balaban J connectivity index is 1.52. The normalized spacial score (nSPS) is 17.9. The Morgan fingerprint density at radius 3 is 2.59 bits per heavy atom. The summed E-state index contributed by atoms with van der Waals surface area (Å²) in [5, 5.41) is 11.7. The van der Waals surface area contributed by atoms with Gasteiger partial charge in [-0.1, -0.05) is 30.3 Å². The Kier molecular flexibility index (Phi) is 9.59. The van der Waals surface area contributed by atoms with Gasteiger partial charge in [0.1, 0.15) is 17.4 Å². The SMILES string of the molecule is O=C1CCCN(C(=O)c2cnc[nH]2)CCNC(=O)[C@H](Cc2ccccc2)NC(=O)c2cc(ccn2)NCCN1. The van der Waals surface area contributed by atoms with Crippen LogP contribution in [0.15, 0.2) is 61.2 Å². The fourth-order valence-electron chi connectivity index (χ4n) is 4.18. The zero-order chi connectivity index (χ0) is 27.5. The molecule has 0 saturated carbocycles. The Morgan fingerprint density at radius 1 is 0.974 bits per heavy atom. The molecular weight excluding hydrogens is 500 g/mol. The van der Waals surface area contributed by atoms with Crippen molar-refractivity contribution >= 4 is 29.3 Å². The fourth-order valence-corrected chi connectivity index (χ4v) is 4.18. The van der Waals surface area contributed by atoms with E-state index in [1.807, 2.05) is 30.3 Å². The van der Waals surface area contributed by atoms with E-state index in [4.69, 9.17) is 0 Å². The van der Waals surface area contributed by atoms with Gasteiger partial charge >= 0.3 is 0 Å². The summed E-state index contributed by atoms with van der Waals surface area (Å²) in [4.78, 5) is 64.1. The van der Waals surface area contributed by atoms with Gasteiger partial charge in [-0.05, 0) is 24.1 Å². The molecule has 1 aromatic carbocycles. The molecule has 2 bridgehead atoms. The van der Waals surface area contributed by atoms with Crippen molar-refractivity contribution in [2.45, 2.75) is 25.3 Å². The maximum Gasteiger partial charge on any atom is 0.271 e. The molecule has 1 atom stereocenters. The number of hydrogen-bond acceptors (Lipinski definition) is 7. The Morgan fingerprint density at radius 2 is 1.79 bits per heavy atom. The van der Waals surface area contributed by atoms with Crippen LogP contribution >= 0.6 is 0 Å². The third-order valence-corrected chi connectivity index (χ3v) is 6.20. The van der Waals surface area contributed by atoms with Crippen molar-refractivity contribution in [2.24, 2.45) is 0 Å². The van der Waals surface area contributed by atoms with Crippen molar-refractivity contribution in [3.05, 3.63) is 78.1 Å². The Labute approximate surface area is 226 Å². The number of nitrogens with zero attached hydrogens (tertiary/aromatic N) is 3. The number of benzene rings is 1. The molecule has 5 N–H and O–H groups in total. The minimum Gasteiger partial charge on any atom is -0.383 e. The maximum atomic E-state index is 13.2. The van der Waals surface area contributed by atoms with Crippen molar-refractivity contribution in [1.82, 2.24) is 35.8 Å². The number of fused-ring (bicyclic) bond motifs is 2. The zero-order valence-corrected chi connectivity index (χ0v) is 21.5.